The molecule has 1 saturated heterocycles. The summed E-state index contributed by atoms with van der Waals surface area (Å²) in [4.78, 5) is 29.9. The van der Waals surface area contributed by atoms with Crippen molar-refractivity contribution in [2.24, 2.45) is 0 Å². The van der Waals surface area contributed by atoms with Crippen LogP contribution in [-0.4, -0.2) is 62.9 Å². The van der Waals surface area contributed by atoms with E-state index in [0.717, 1.165) is 0 Å². The number of ether oxygens (including phenoxy) is 2. The second-order valence-electron chi connectivity index (χ2n) is 7.28. The molecule has 1 aliphatic heterocycles. The van der Waals surface area contributed by atoms with Crippen LogP contribution in [0.5, 0.6) is 0 Å². The Balaban J connectivity index is 1.46. The van der Waals surface area contributed by atoms with E-state index in [9.17, 15) is 9.59 Å². The number of halogens is 1. The van der Waals surface area contributed by atoms with E-state index in [2.05, 4.69) is 15.4 Å². The van der Waals surface area contributed by atoms with Crippen LogP contribution in [0.25, 0.3) is 5.65 Å². The van der Waals surface area contributed by atoms with Crippen LogP contribution in [-0.2, 0) is 14.3 Å². The predicted molar refractivity (Wildman–Crippen MR) is 98.8 cm³/mol. The van der Waals surface area contributed by atoms with E-state index in [1.807, 2.05) is 20.8 Å². The lowest BCUT2D eigenvalue weighted by atomic mass is 10.2. The summed E-state index contributed by atoms with van der Waals surface area (Å²) in [6.07, 6.45) is 1.65. The lowest BCUT2D eigenvalue weighted by Gasteiger charge is -2.24. The predicted octanol–water partition coefficient (Wildman–Crippen LogP) is 2.35. The van der Waals surface area contributed by atoms with Crippen molar-refractivity contribution in [1.82, 2.24) is 19.5 Å². The summed E-state index contributed by atoms with van der Waals surface area (Å²) >= 11 is 5.82. The quantitative estimate of drug-likeness (QED) is 0.853. The Morgan fingerprint density at radius 3 is 2.89 bits per heavy atom. The van der Waals surface area contributed by atoms with Gasteiger partial charge < -0.3 is 19.7 Å². The molecule has 2 amide bonds. The number of nitrogens with one attached hydrogen (secondary N) is 1. The lowest BCUT2D eigenvalue weighted by Crippen LogP contribution is -2.36. The monoisotopic (exact) mass is 395 g/mol. The maximum atomic E-state index is 12.1. The third-order valence-electron chi connectivity index (χ3n) is 3.80. The van der Waals surface area contributed by atoms with Crippen LogP contribution in [0, 0.1) is 0 Å². The molecule has 0 bridgehead atoms. The van der Waals surface area contributed by atoms with Crippen molar-refractivity contribution < 1.29 is 19.1 Å². The van der Waals surface area contributed by atoms with Crippen molar-refractivity contribution in [3.63, 3.8) is 0 Å². The summed E-state index contributed by atoms with van der Waals surface area (Å²) in [5, 5.41) is 7.04. The first-order valence-electron chi connectivity index (χ1n) is 8.61. The Morgan fingerprint density at radius 1 is 1.37 bits per heavy atom. The standard InChI is InChI=1S/C17H22ClN5O4/c1-17(2,3)27-16(25)22-7-6-11(8-22)26-10-15(24)20-13-9-23-14(19-13)5-4-12(18)21-23/h4-5,9,11H,6-8,10H2,1-3H3,(H,20,24)/t11-/m1/s1. The van der Waals surface area contributed by atoms with Crippen molar-refractivity contribution in [1.29, 1.82) is 0 Å². The number of carbonyl (C=O) groups is 2. The van der Waals surface area contributed by atoms with Crippen LogP contribution in [0.3, 0.4) is 0 Å². The fraction of sp³-hybridized carbons (Fsp3) is 0.529. The molecular formula is C17H22ClN5O4. The minimum absolute atomic E-state index is 0.130. The van der Waals surface area contributed by atoms with Gasteiger partial charge in [0.25, 0.3) is 5.91 Å². The number of anilines is 1. The van der Waals surface area contributed by atoms with Gasteiger partial charge in [0.2, 0.25) is 0 Å². The molecule has 0 aliphatic carbocycles. The fourth-order valence-corrected chi connectivity index (χ4v) is 2.79. The first-order valence-corrected chi connectivity index (χ1v) is 8.99. The number of fused-ring (bicyclic) bond motifs is 1. The summed E-state index contributed by atoms with van der Waals surface area (Å²) < 4.78 is 12.4. The SMILES string of the molecule is CC(C)(C)OC(=O)N1CC[C@@H](OCC(=O)Nc2cn3nc(Cl)ccc3n2)C1. The van der Waals surface area contributed by atoms with Gasteiger partial charge in [0, 0.05) is 6.54 Å². The van der Waals surface area contributed by atoms with Crippen LogP contribution in [0.15, 0.2) is 18.3 Å². The van der Waals surface area contributed by atoms with Gasteiger partial charge in [-0.1, -0.05) is 11.6 Å². The average Bonchev–Trinajstić information content (AvgIpc) is 3.17. The van der Waals surface area contributed by atoms with Crippen molar-refractivity contribution in [2.45, 2.75) is 38.9 Å². The molecule has 0 unspecified atom stereocenters. The molecule has 2 aromatic rings. The van der Waals surface area contributed by atoms with Crippen LogP contribution >= 0.6 is 11.6 Å². The zero-order valence-corrected chi connectivity index (χ0v) is 16.2. The molecule has 1 fully saturated rings. The average molecular weight is 396 g/mol. The number of aromatic nitrogens is 3. The lowest BCUT2D eigenvalue weighted by molar-refractivity contribution is -0.122. The molecule has 0 aromatic carbocycles. The van der Waals surface area contributed by atoms with Gasteiger partial charge in [0.15, 0.2) is 11.5 Å². The third-order valence-corrected chi connectivity index (χ3v) is 4.00. The second-order valence-corrected chi connectivity index (χ2v) is 7.67. The van der Waals surface area contributed by atoms with Gasteiger partial charge in [-0.15, -0.1) is 0 Å². The van der Waals surface area contributed by atoms with Gasteiger partial charge in [-0.2, -0.15) is 5.10 Å². The maximum Gasteiger partial charge on any atom is 0.410 e. The van der Waals surface area contributed by atoms with E-state index in [0.29, 0.717) is 36.1 Å². The fourth-order valence-electron chi connectivity index (χ4n) is 2.65. The minimum Gasteiger partial charge on any atom is -0.444 e. The Bertz CT molecular complexity index is 847. The normalized spacial score (nSPS) is 17.3. The Labute approximate surface area is 161 Å². The molecule has 1 aliphatic rings. The number of amides is 2. The molecule has 1 N–H and O–H groups in total. The molecule has 0 radical (unpaired) electrons. The van der Waals surface area contributed by atoms with Crippen molar-refractivity contribution >= 4 is 35.1 Å². The smallest absolute Gasteiger partial charge is 0.410 e. The molecule has 2 aromatic heterocycles. The van der Waals surface area contributed by atoms with Crippen LogP contribution in [0.4, 0.5) is 10.6 Å². The number of carbonyl (C=O) groups excluding carboxylic acids is 2. The number of likely N-dealkylation sites (tertiary alicyclic amines) is 1. The van der Waals surface area contributed by atoms with Gasteiger partial charge in [-0.25, -0.2) is 14.3 Å². The van der Waals surface area contributed by atoms with E-state index in [-0.39, 0.29) is 24.7 Å². The molecule has 9 nitrogen and oxygen atoms in total. The molecule has 146 valence electrons. The topological polar surface area (TPSA) is 98.1 Å². The van der Waals surface area contributed by atoms with Gasteiger partial charge in [-0.3, -0.25) is 4.79 Å². The van der Waals surface area contributed by atoms with E-state index in [1.165, 1.54) is 4.52 Å². The zero-order valence-electron chi connectivity index (χ0n) is 15.4. The molecule has 3 heterocycles. The van der Waals surface area contributed by atoms with Crippen molar-refractivity contribution in [3.05, 3.63) is 23.5 Å². The first-order chi connectivity index (χ1) is 12.7. The molecule has 27 heavy (non-hydrogen) atoms. The highest BCUT2D eigenvalue weighted by molar-refractivity contribution is 6.29. The van der Waals surface area contributed by atoms with Crippen molar-refractivity contribution in [2.75, 3.05) is 25.0 Å². The molecule has 3 rings (SSSR count). The highest BCUT2D eigenvalue weighted by Gasteiger charge is 2.30. The minimum atomic E-state index is -0.539. The Kier molecular flexibility index (Phi) is 5.52. The highest BCUT2D eigenvalue weighted by Crippen LogP contribution is 2.17. The number of hydrogen-bond donors (Lipinski definition) is 1. The van der Waals surface area contributed by atoms with Gasteiger partial charge in [0.1, 0.15) is 17.4 Å². The van der Waals surface area contributed by atoms with Crippen LogP contribution < -0.4 is 5.32 Å². The number of imidazole rings is 1. The Morgan fingerprint density at radius 2 is 2.15 bits per heavy atom. The molecular weight excluding hydrogens is 374 g/mol. The van der Waals surface area contributed by atoms with E-state index in [1.54, 1.807) is 23.2 Å². The number of nitrogens with zero attached hydrogens (tertiary/aromatic N) is 4. The molecule has 1 atom stereocenters. The summed E-state index contributed by atoms with van der Waals surface area (Å²) in [5.41, 5.74) is 0.0303. The van der Waals surface area contributed by atoms with Gasteiger partial charge in [-0.05, 0) is 39.3 Å². The molecule has 0 saturated carbocycles. The third kappa shape index (κ3) is 5.30. The zero-order chi connectivity index (χ0) is 19.6. The van der Waals surface area contributed by atoms with E-state index < -0.39 is 5.60 Å². The summed E-state index contributed by atoms with van der Waals surface area (Å²) in [6, 6.07) is 3.32. The van der Waals surface area contributed by atoms with Gasteiger partial charge in [0.05, 0.1) is 18.8 Å². The summed E-state index contributed by atoms with van der Waals surface area (Å²) in [6.45, 7) is 6.28. The summed E-state index contributed by atoms with van der Waals surface area (Å²) in [7, 11) is 0. The number of rotatable bonds is 4. The van der Waals surface area contributed by atoms with Crippen LogP contribution in [0.1, 0.15) is 27.2 Å². The summed E-state index contributed by atoms with van der Waals surface area (Å²) in [5.74, 6) is 0.0281. The van der Waals surface area contributed by atoms with Gasteiger partial charge >= 0.3 is 6.09 Å². The van der Waals surface area contributed by atoms with E-state index >= 15 is 0 Å². The first kappa shape index (κ1) is 19.4. The second kappa shape index (κ2) is 7.69. The molecule has 0 spiro atoms. The molecule has 10 heteroatoms. The number of hydrogen-bond acceptors (Lipinski definition) is 6. The van der Waals surface area contributed by atoms with E-state index in [4.69, 9.17) is 21.1 Å². The van der Waals surface area contributed by atoms with Crippen LogP contribution in [0.2, 0.25) is 5.15 Å². The highest BCUT2D eigenvalue weighted by atomic mass is 35.5. The largest absolute Gasteiger partial charge is 0.444 e. The van der Waals surface area contributed by atoms with Crippen molar-refractivity contribution in [3.8, 4) is 0 Å². The maximum absolute atomic E-state index is 12.1. The Hall–Kier alpha value is -2.39.